The van der Waals surface area contributed by atoms with E-state index in [-0.39, 0.29) is 6.04 Å². The molecule has 1 rings (SSSR count). The highest BCUT2D eigenvalue weighted by Crippen LogP contribution is 2.19. The van der Waals surface area contributed by atoms with Gasteiger partial charge in [0.05, 0.1) is 0 Å². The average Bonchev–Trinajstić information content (AvgIpc) is 2.09. The highest BCUT2D eigenvalue weighted by atomic mass is 14.7. The van der Waals surface area contributed by atoms with Crippen molar-refractivity contribution in [2.45, 2.75) is 26.3 Å². The maximum atomic E-state index is 6.00. The predicted molar refractivity (Wildman–Crippen MR) is 56.5 cm³/mol. The number of nitrogens with two attached hydrogens (primary N) is 2. The standard InChI is InChI=1S/C11H18N2/c1-8-3-4-9(2)10(7-8)11(13)5-6-12/h3-4,7,11H,5-6,12-13H2,1-2H3/t11-/m0/s1. The highest BCUT2D eigenvalue weighted by molar-refractivity contribution is 5.32. The summed E-state index contributed by atoms with van der Waals surface area (Å²) < 4.78 is 0. The number of benzene rings is 1. The molecule has 0 unspecified atom stereocenters. The Morgan fingerprint density at radius 2 is 2.00 bits per heavy atom. The van der Waals surface area contributed by atoms with E-state index in [2.05, 4.69) is 32.0 Å². The van der Waals surface area contributed by atoms with Gasteiger partial charge in [-0.05, 0) is 37.9 Å². The lowest BCUT2D eigenvalue weighted by Gasteiger charge is -2.14. The van der Waals surface area contributed by atoms with Crippen molar-refractivity contribution in [2.75, 3.05) is 6.54 Å². The van der Waals surface area contributed by atoms with Gasteiger partial charge in [0.1, 0.15) is 0 Å². The Morgan fingerprint density at radius 1 is 1.31 bits per heavy atom. The SMILES string of the molecule is Cc1ccc(C)c([C@@H](N)CCN)c1. The Kier molecular flexibility index (Phi) is 3.46. The summed E-state index contributed by atoms with van der Waals surface area (Å²) in [5, 5.41) is 0. The molecule has 13 heavy (non-hydrogen) atoms. The summed E-state index contributed by atoms with van der Waals surface area (Å²) in [7, 11) is 0. The molecule has 0 spiro atoms. The zero-order valence-electron chi connectivity index (χ0n) is 8.38. The maximum absolute atomic E-state index is 6.00. The van der Waals surface area contributed by atoms with Crippen LogP contribution in [0.3, 0.4) is 0 Å². The minimum absolute atomic E-state index is 0.0879. The summed E-state index contributed by atoms with van der Waals surface area (Å²) in [4.78, 5) is 0. The van der Waals surface area contributed by atoms with Crippen LogP contribution in [-0.2, 0) is 0 Å². The summed E-state index contributed by atoms with van der Waals surface area (Å²) in [6, 6.07) is 6.45. The first kappa shape index (κ1) is 10.2. The van der Waals surface area contributed by atoms with E-state index in [9.17, 15) is 0 Å². The van der Waals surface area contributed by atoms with Crippen LogP contribution in [0.1, 0.15) is 29.2 Å². The van der Waals surface area contributed by atoms with Gasteiger partial charge >= 0.3 is 0 Å². The first-order chi connectivity index (χ1) is 6.15. The van der Waals surface area contributed by atoms with Crippen LogP contribution in [0.4, 0.5) is 0 Å². The Balaban J connectivity index is 2.91. The summed E-state index contributed by atoms with van der Waals surface area (Å²) in [6.45, 7) is 4.82. The van der Waals surface area contributed by atoms with Gasteiger partial charge in [-0.3, -0.25) is 0 Å². The van der Waals surface area contributed by atoms with E-state index in [0.29, 0.717) is 6.54 Å². The van der Waals surface area contributed by atoms with E-state index in [1.165, 1.54) is 16.7 Å². The van der Waals surface area contributed by atoms with E-state index < -0.39 is 0 Å². The van der Waals surface area contributed by atoms with Gasteiger partial charge < -0.3 is 11.5 Å². The molecule has 0 aliphatic rings. The van der Waals surface area contributed by atoms with Gasteiger partial charge in [-0.2, -0.15) is 0 Å². The molecule has 4 N–H and O–H groups in total. The lowest BCUT2D eigenvalue weighted by molar-refractivity contribution is 0.657. The highest BCUT2D eigenvalue weighted by Gasteiger charge is 2.07. The second-order valence-electron chi connectivity index (χ2n) is 3.54. The zero-order chi connectivity index (χ0) is 9.84. The fourth-order valence-electron chi connectivity index (χ4n) is 1.49. The maximum Gasteiger partial charge on any atom is 0.0309 e. The molecule has 2 nitrogen and oxygen atoms in total. The first-order valence-corrected chi connectivity index (χ1v) is 4.68. The quantitative estimate of drug-likeness (QED) is 0.739. The molecule has 0 aromatic heterocycles. The molecule has 0 saturated heterocycles. The van der Waals surface area contributed by atoms with E-state index in [0.717, 1.165) is 6.42 Å². The molecule has 0 aliphatic heterocycles. The van der Waals surface area contributed by atoms with Crippen molar-refractivity contribution < 1.29 is 0 Å². The third-order valence-corrected chi connectivity index (χ3v) is 2.31. The van der Waals surface area contributed by atoms with Gasteiger partial charge in [-0.25, -0.2) is 0 Å². The fraction of sp³-hybridized carbons (Fsp3) is 0.455. The van der Waals surface area contributed by atoms with Crippen molar-refractivity contribution in [3.05, 3.63) is 34.9 Å². The normalized spacial score (nSPS) is 12.9. The Bertz CT molecular complexity index is 281. The van der Waals surface area contributed by atoms with Crippen molar-refractivity contribution in [1.29, 1.82) is 0 Å². The lowest BCUT2D eigenvalue weighted by atomic mass is 9.97. The van der Waals surface area contributed by atoms with Gasteiger partial charge in [0, 0.05) is 6.04 Å². The third-order valence-electron chi connectivity index (χ3n) is 2.31. The molecule has 72 valence electrons. The summed E-state index contributed by atoms with van der Waals surface area (Å²) in [5.41, 5.74) is 15.2. The lowest BCUT2D eigenvalue weighted by Crippen LogP contribution is -2.16. The smallest absolute Gasteiger partial charge is 0.0309 e. The molecule has 1 aromatic rings. The van der Waals surface area contributed by atoms with Crippen molar-refractivity contribution in [3.8, 4) is 0 Å². The topological polar surface area (TPSA) is 52.0 Å². The predicted octanol–water partition coefficient (Wildman–Crippen LogP) is 1.65. The molecule has 0 amide bonds. The fourth-order valence-corrected chi connectivity index (χ4v) is 1.49. The van der Waals surface area contributed by atoms with E-state index in [1.54, 1.807) is 0 Å². The Labute approximate surface area is 79.9 Å². The van der Waals surface area contributed by atoms with E-state index in [1.807, 2.05) is 0 Å². The van der Waals surface area contributed by atoms with Crippen LogP contribution in [0.25, 0.3) is 0 Å². The van der Waals surface area contributed by atoms with Crippen molar-refractivity contribution >= 4 is 0 Å². The van der Waals surface area contributed by atoms with E-state index in [4.69, 9.17) is 11.5 Å². The first-order valence-electron chi connectivity index (χ1n) is 4.68. The molecule has 0 heterocycles. The summed E-state index contributed by atoms with van der Waals surface area (Å²) >= 11 is 0. The van der Waals surface area contributed by atoms with Gasteiger partial charge in [-0.1, -0.05) is 23.8 Å². The number of aryl methyl sites for hydroxylation is 2. The van der Waals surface area contributed by atoms with Crippen LogP contribution < -0.4 is 11.5 Å². The molecule has 0 saturated carbocycles. The van der Waals surface area contributed by atoms with Crippen LogP contribution in [0.5, 0.6) is 0 Å². The van der Waals surface area contributed by atoms with Crippen LogP contribution in [0, 0.1) is 13.8 Å². The van der Waals surface area contributed by atoms with Gasteiger partial charge in [-0.15, -0.1) is 0 Å². The molecular formula is C11H18N2. The Hall–Kier alpha value is -0.860. The minimum Gasteiger partial charge on any atom is -0.330 e. The molecule has 1 atom stereocenters. The number of hydrogen-bond acceptors (Lipinski definition) is 2. The largest absolute Gasteiger partial charge is 0.330 e. The van der Waals surface area contributed by atoms with Crippen LogP contribution in [-0.4, -0.2) is 6.54 Å². The van der Waals surface area contributed by atoms with Crippen molar-refractivity contribution in [2.24, 2.45) is 11.5 Å². The molecule has 1 aromatic carbocycles. The summed E-state index contributed by atoms with van der Waals surface area (Å²) in [5.74, 6) is 0. The number of rotatable bonds is 3. The van der Waals surface area contributed by atoms with E-state index >= 15 is 0 Å². The molecule has 0 fully saturated rings. The molecule has 0 radical (unpaired) electrons. The average molecular weight is 178 g/mol. The molecular weight excluding hydrogens is 160 g/mol. The van der Waals surface area contributed by atoms with Crippen molar-refractivity contribution in [3.63, 3.8) is 0 Å². The minimum atomic E-state index is 0.0879. The van der Waals surface area contributed by atoms with Crippen LogP contribution >= 0.6 is 0 Å². The number of hydrogen-bond donors (Lipinski definition) is 2. The van der Waals surface area contributed by atoms with Gasteiger partial charge in [0.2, 0.25) is 0 Å². The van der Waals surface area contributed by atoms with Crippen molar-refractivity contribution in [1.82, 2.24) is 0 Å². The van der Waals surface area contributed by atoms with Crippen LogP contribution in [0.2, 0.25) is 0 Å². The molecule has 0 bridgehead atoms. The second kappa shape index (κ2) is 4.40. The van der Waals surface area contributed by atoms with Gasteiger partial charge in [0.15, 0.2) is 0 Å². The van der Waals surface area contributed by atoms with Crippen LogP contribution in [0.15, 0.2) is 18.2 Å². The monoisotopic (exact) mass is 178 g/mol. The molecule has 2 heteroatoms. The zero-order valence-corrected chi connectivity index (χ0v) is 8.38. The Morgan fingerprint density at radius 3 is 2.62 bits per heavy atom. The summed E-state index contributed by atoms with van der Waals surface area (Å²) in [6.07, 6.45) is 0.851. The third kappa shape index (κ3) is 2.54. The second-order valence-corrected chi connectivity index (χ2v) is 3.54. The van der Waals surface area contributed by atoms with Gasteiger partial charge in [0.25, 0.3) is 0 Å². The molecule has 0 aliphatic carbocycles.